The van der Waals surface area contributed by atoms with Crippen LogP contribution in [0, 0.1) is 23.0 Å². The van der Waals surface area contributed by atoms with Gasteiger partial charge in [-0.05, 0) is 55.6 Å². The number of rotatable bonds is 15. The first-order valence-corrected chi connectivity index (χ1v) is 19.3. The molecule has 4 aliphatic rings. The number of carbonyl (C=O) groups is 6. The van der Waals surface area contributed by atoms with E-state index in [0.29, 0.717) is 19.3 Å². The minimum atomic E-state index is -1.30. The molecule has 3 fully saturated rings. The van der Waals surface area contributed by atoms with Crippen molar-refractivity contribution >= 4 is 41.0 Å². The zero-order chi connectivity index (χ0) is 39.9. The molecule has 5 N–H and O–H groups in total. The molecular formula is C39H53F2N7O7. The molecule has 300 valence electrons. The third kappa shape index (κ3) is 10.7. The van der Waals surface area contributed by atoms with Crippen LogP contribution in [0.5, 0.6) is 5.75 Å². The van der Waals surface area contributed by atoms with Gasteiger partial charge < -0.3 is 36.2 Å². The lowest BCUT2D eigenvalue weighted by atomic mass is 9.82. The molecule has 1 aromatic carbocycles. The van der Waals surface area contributed by atoms with E-state index < -0.39 is 88.4 Å². The molecule has 0 aromatic heterocycles. The molecular weight excluding hydrogens is 716 g/mol. The number of nitrogens with one attached hydrogen (secondary N) is 5. The highest BCUT2D eigenvalue weighted by atomic mass is 19.1. The van der Waals surface area contributed by atoms with Crippen molar-refractivity contribution in [3.63, 3.8) is 0 Å². The van der Waals surface area contributed by atoms with E-state index in [9.17, 15) is 37.5 Å². The van der Waals surface area contributed by atoms with E-state index in [2.05, 4.69) is 31.6 Å². The van der Waals surface area contributed by atoms with E-state index in [1.807, 2.05) is 0 Å². The van der Waals surface area contributed by atoms with Crippen LogP contribution in [0.4, 0.5) is 8.78 Å². The fourth-order valence-electron chi connectivity index (χ4n) is 7.26. The van der Waals surface area contributed by atoms with Gasteiger partial charge in [0.25, 0.3) is 11.8 Å². The fourth-order valence-corrected chi connectivity index (χ4v) is 7.26. The first-order valence-electron chi connectivity index (χ1n) is 19.3. The number of para-hydroxylation sites is 1. The Morgan fingerprint density at radius 1 is 0.982 bits per heavy atom. The third-order valence-electron chi connectivity index (χ3n) is 10.4. The van der Waals surface area contributed by atoms with Crippen LogP contribution in [0.1, 0.15) is 91.9 Å². The number of aliphatic imine (C=N–C) groups is 1. The van der Waals surface area contributed by atoms with Gasteiger partial charge in [-0.3, -0.25) is 33.8 Å². The number of Topliss-reactive ketones (excluding diaryl/α,β-unsaturated/α-hetero) is 1. The van der Waals surface area contributed by atoms with E-state index in [4.69, 9.17) is 4.74 Å². The third-order valence-corrected chi connectivity index (χ3v) is 10.4. The predicted octanol–water partition coefficient (Wildman–Crippen LogP) is 2.56. The first-order chi connectivity index (χ1) is 26.2. The van der Waals surface area contributed by atoms with E-state index in [-0.39, 0.29) is 43.6 Å². The smallest absolute Gasteiger partial charge is 0.289 e. The number of halogens is 2. The van der Waals surface area contributed by atoms with Gasteiger partial charge in [-0.15, -0.1) is 0 Å². The molecule has 14 nitrogen and oxygen atoms in total. The highest BCUT2D eigenvalue weighted by Gasteiger charge is 2.47. The topological polar surface area (TPSA) is 187 Å². The summed E-state index contributed by atoms with van der Waals surface area (Å²) < 4.78 is 35.2. The summed E-state index contributed by atoms with van der Waals surface area (Å²) in [7, 11) is 0. The van der Waals surface area contributed by atoms with Crippen LogP contribution in [-0.2, 0) is 28.8 Å². The van der Waals surface area contributed by atoms with E-state index >= 15 is 0 Å². The van der Waals surface area contributed by atoms with Crippen LogP contribution in [0.25, 0.3) is 0 Å². The van der Waals surface area contributed by atoms with Crippen molar-refractivity contribution in [2.75, 3.05) is 13.1 Å². The second-order valence-electron chi connectivity index (χ2n) is 15.9. The summed E-state index contributed by atoms with van der Waals surface area (Å²) in [6.07, 6.45) is 8.03. The molecule has 2 aliphatic heterocycles. The van der Waals surface area contributed by atoms with Crippen molar-refractivity contribution in [3.05, 3.63) is 42.2 Å². The maximum absolute atomic E-state index is 14.7. The molecule has 5 atom stereocenters. The highest BCUT2D eigenvalue weighted by Crippen LogP contribution is 2.32. The Hall–Kier alpha value is -4.89. The standard InChI is InChI=1S/C39H53F2N7O7/c1-5-10-27(31(49)37(53)44-23-15-16-23)45-35(51)29-19-24(55-32-25(40)13-9-14-26(32)41)21-48(29)38(54)33(39(2,3)4)47-36(52)30(22-11-7-6-8-12-22)46-34(50)28-20-42-17-18-43-28/h9,13-14,17-18,22-24,27,29-30,33,42H,5-8,10-12,15-16,19-21H2,1-4H3,(H,44,53)(H,45,51)(H,46,50)(H,47,52)/t24-,27+,29+,30+,33-/m1/s1. The van der Waals surface area contributed by atoms with Crippen molar-refractivity contribution in [1.29, 1.82) is 0 Å². The van der Waals surface area contributed by atoms with E-state index in [1.54, 1.807) is 33.9 Å². The van der Waals surface area contributed by atoms with Crippen molar-refractivity contribution in [2.45, 2.75) is 128 Å². The number of hydrogen-bond donors (Lipinski definition) is 5. The molecule has 0 bridgehead atoms. The molecule has 1 saturated heterocycles. The first kappa shape index (κ1) is 41.3. The predicted molar refractivity (Wildman–Crippen MR) is 198 cm³/mol. The number of amides is 5. The van der Waals surface area contributed by atoms with Crippen molar-refractivity contribution in [2.24, 2.45) is 16.3 Å². The largest absolute Gasteiger partial charge is 0.482 e. The molecule has 0 radical (unpaired) electrons. The number of hydrogen-bond acceptors (Lipinski definition) is 9. The summed E-state index contributed by atoms with van der Waals surface area (Å²) >= 11 is 0. The zero-order valence-corrected chi connectivity index (χ0v) is 31.9. The summed E-state index contributed by atoms with van der Waals surface area (Å²) in [6, 6.07) is -1.57. The second kappa shape index (κ2) is 18.2. The Bertz CT molecular complexity index is 1670. The van der Waals surface area contributed by atoms with Crippen LogP contribution in [0.15, 0.2) is 35.6 Å². The minimum Gasteiger partial charge on any atom is -0.482 e. The lowest BCUT2D eigenvalue weighted by molar-refractivity contribution is -0.145. The molecule has 55 heavy (non-hydrogen) atoms. The molecule has 5 amide bonds. The lowest BCUT2D eigenvalue weighted by Crippen LogP contribution is -2.62. The molecule has 0 unspecified atom stereocenters. The van der Waals surface area contributed by atoms with Gasteiger partial charge in [0.1, 0.15) is 29.9 Å². The average Bonchev–Trinajstić information content (AvgIpc) is 3.88. The van der Waals surface area contributed by atoms with Crippen molar-refractivity contribution in [1.82, 2.24) is 31.5 Å². The molecule has 1 aromatic rings. The van der Waals surface area contributed by atoms with Gasteiger partial charge in [0, 0.05) is 24.9 Å². The van der Waals surface area contributed by atoms with E-state index in [0.717, 1.165) is 44.2 Å². The molecule has 2 aliphatic carbocycles. The number of likely N-dealkylation sites (tertiary alicyclic amines) is 1. The molecule has 16 heteroatoms. The number of ketones is 1. The second-order valence-corrected chi connectivity index (χ2v) is 15.9. The van der Waals surface area contributed by atoms with Gasteiger partial charge >= 0.3 is 0 Å². The molecule has 5 rings (SSSR count). The molecule has 2 saturated carbocycles. The Morgan fingerprint density at radius 2 is 1.67 bits per heavy atom. The Balaban J connectivity index is 1.41. The van der Waals surface area contributed by atoms with Gasteiger partial charge in [0.05, 0.1) is 19.1 Å². The Labute approximate surface area is 320 Å². The van der Waals surface area contributed by atoms with Gasteiger partial charge in [-0.2, -0.15) is 0 Å². The van der Waals surface area contributed by atoms with Crippen LogP contribution >= 0.6 is 0 Å². The Morgan fingerprint density at radius 3 is 2.27 bits per heavy atom. The minimum absolute atomic E-state index is 0.0835. The van der Waals surface area contributed by atoms with Gasteiger partial charge in [0.2, 0.25) is 23.5 Å². The van der Waals surface area contributed by atoms with Gasteiger partial charge in [0.15, 0.2) is 17.4 Å². The zero-order valence-electron chi connectivity index (χ0n) is 31.9. The van der Waals surface area contributed by atoms with Crippen LogP contribution in [0.2, 0.25) is 0 Å². The normalized spacial score (nSPS) is 21.6. The maximum atomic E-state index is 14.7. The van der Waals surface area contributed by atoms with Gasteiger partial charge in [-0.1, -0.05) is 59.4 Å². The van der Waals surface area contributed by atoms with Gasteiger partial charge in [-0.25, -0.2) is 8.78 Å². The van der Waals surface area contributed by atoms with E-state index in [1.165, 1.54) is 17.2 Å². The van der Waals surface area contributed by atoms with Crippen LogP contribution in [0.3, 0.4) is 0 Å². The van der Waals surface area contributed by atoms with Crippen molar-refractivity contribution < 1.29 is 42.3 Å². The maximum Gasteiger partial charge on any atom is 0.289 e. The number of nitrogens with zero attached hydrogens (tertiary/aromatic N) is 2. The number of benzene rings is 1. The SMILES string of the molecule is CCC[C@H](NC(=O)[C@@H]1C[C@@H](Oc2c(F)cccc2F)CN1C(=O)[C@@H](NC(=O)[C@@H](NC(=O)C1=NC=CNC1)C1CCCCC1)C(C)(C)C)C(=O)C(=O)NC1CC1. The summed E-state index contributed by atoms with van der Waals surface area (Å²) in [5, 5.41) is 14.0. The van der Waals surface area contributed by atoms with Crippen molar-refractivity contribution in [3.8, 4) is 5.75 Å². The summed E-state index contributed by atoms with van der Waals surface area (Å²) in [5.74, 6) is -6.97. The molecule has 0 spiro atoms. The summed E-state index contributed by atoms with van der Waals surface area (Å²) in [5.41, 5.74) is -0.734. The van der Waals surface area contributed by atoms with Crippen LogP contribution < -0.4 is 31.3 Å². The summed E-state index contributed by atoms with van der Waals surface area (Å²) in [4.78, 5) is 87.5. The molecule has 2 heterocycles. The quantitative estimate of drug-likeness (QED) is 0.169. The lowest BCUT2D eigenvalue weighted by Gasteiger charge is -2.37. The fraction of sp³-hybridized carbons (Fsp3) is 0.615. The average molecular weight is 770 g/mol. The number of carbonyl (C=O) groups excluding carboxylic acids is 6. The monoisotopic (exact) mass is 769 g/mol. The highest BCUT2D eigenvalue weighted by molar-refractivity contribution is 6.40. The number of ether oxygens (including phenoxy) is 1. The van der Waals surface area contributed by atoms with Crippen LogP contribution in [-0.4, -0.2) is 95.3 Å². The Kier molecular flexibility index (Phi) is 13.6. The summed E-state index contributed by atoms with van der Waals surface area (Å²) in [6.45, 7) is 6.90.